The summed E-state index contributed by atoms with van der Waals surface area (Å²) >= 11 is 0. The van der Waals surface area contributed by atoms with Gasteiger partial charge in [-0.2, -0.15) is 0 Å². The lowest BCUT2D eigenvalue weighted by atomic mass is 9.85. The van der Waals surface area contributed by atoms with Crippen molar-refractivity contribution >= 4 is 5.78 Å². The summed E-state index contributed by atoms with van der Waals surface area (Å²) in [4.78, 5) is 11.5. The summed E-state index contributed by atoms with van der Waals surface area (Å²) in [7, 11) is 0. The van der Waals surface area contributed by atoms with Gasteiger partial charge in [-0.25, -0.2) is 0 Å². The molecule has 0 radical (unpaired) electrons. The van der Waals surface area contributed by atoms with Crippen molar-refractivity contribution in [2.75, 3.05) is 0 Å². The largest absolute Gasteiger partial charge is 0.386 e. The number of carbonyl (C=O) groups is 1. The molecule has 0 spiro atoms. The van der Waals surface area contributed by atoms with Gasteiger partial charge in [-0.3, -0.25) is 4.79 Å². The highest BCUT2D eigenvalue weighted by molar-refractivity contribution is 5.88. The van der Waals surface area contributed by atoms with E-state index in [1.807, 2.05) is 13.8 Å². The van der Waals surface area contributed by atoms with Gasteiger partial charge in [0.1, 0.15) is 11.7 Å². The highest BCUT2D eigenvalue weighted by atomic mass is 16.3. The summed E-state index contributed by atoms with van der Waals surface area (Å²) in [5.74, 6) is -0.310. The van der Waals surface area contributed by atoms with E-state index in [9.17, 15) is 15.0 Å². The predicted molar refractivity (Wildman–Crippen MR) is 49.2 cm³/mol. The van der Waals surface area contributed by atoms with Crippen LogP contribution in [0.4, 0.5) is 0 Å². The fraction of sp³-hybridized carbons (Fsp3) is 0.700. The molecule has 0 bridgehead atoms. The molecule has 2 N–H and O–H groups in total. The average molecular weight is 184 g/mol. The molecule has 0 aromatic heterocycles. The molecule has 0 aromatic carbocycles. The third-order valence-corrected chi connectivity index (χ3v) is 2.49. The molecular formula is C10H16O3. The Morgan fingerprint density at radius 3 is 2.54 bits per heavy atom. The Morgan fingerprint density at radius 1 is 1.46 bits per heavy atom. The van der Waals surface area contributed by atoms with Crippen molar-refractivity contribution in [1.82, 2.24) is 0 Å². The fourth-order valence-electron chi connectivity index (χ4n) is 1.36. The summed E-state index contributed by atoms with van der Waals surface area (Å²) in [5.41, 5.74) is -1.91. The first kappa shape index (κ1) is 10.4. The lowest BCUT2D eigenvalue weighted by molar-refractivity contribution is -0.144. The van der Waals surface area contributed by atoms with Gasteiger partial charge in [0.05, 0.1) is 0 Å². The van der Waals surface area contributed by atoms with Crippen molar-refractivity contribution in [2.24, 2.45) is 5.41 Å². The maximum absolute atomic E-state index is 11.5. The van der Waals surface area contributed by atoms with Crippen LogP contribution in [-0.2, 0) is 4.79 Å². The van der Waals surface area contributed by atoms with Crippen molar-refractivity contribution in [3.8, 4) is 0 Å². The Labute approximate surface area is 78.1 Å². The van der Waals surface area contributed by atoms with Gasteiger partial charge in [0, 0.05) is 6.42 Å². The van der Waals surface area contributed by atoms with E-state index >= 15 is 0 Å². The zero-order valence-electron chi connectivity index (χ0n) is 8.24. The minimum Gasteiger partial charge on any atom is -0.386 e. The van der Waals surface area contributed by atoms with E-state index in [4.69, 9.17) is 0 Å². The van der Waals surface area contributed by atoms with Gasteiger partial charge in [0.2, 0.25) is 0 Å². The van der Waals surface area contributed by atoms with Gasteiger partial charge in [0.15, 0.2) is 5.78 Å². The zero-order valence-corrected chi connectivity index (χ0v) is 8.24. The van der Waals surface area contributed by atoms with Crippen LogP contribution in [-0.4, -0.2) is 27.7 Å². The molecule has 0 saturated carbocycles. The SMILES string of the molecule is CC1(C)C=C[C@H](O)[C@@](C)(O)C(=O)C1. The maximum Gasteiger partial charge on any atom is 0.167 e. The number of allylic oxidation sites excluding steroid dienone is 1. The second-order valence-corrected chi connectivity index (χ2v) is 4.54. The van der Waals surface area contributed by atoms with E-state index in [0.29, 0.717) is 0 Å². The second kappa shape index (κ2) is 2.93. The van der Waals surface area contributed by atoms with Crippen molar-refractivity contribution in [2.45, 2.75) is 38.9 Å². The van der Waals surface area contributed by atoms with Crippen LogP contribution in [0.1, 0.15) is 27.2 Å². The monoisotopic (exact) mass is 184 g/mol. The summed E-state index contributed by atoms with van der Waals surface area (Å²) in [5, 5.41) is 19.1. The molecule has 3 heteroatoms. The number of hydrogen-bond donors (Lipinski definition) is 2. The second-order valence-electron chi connectivity index (χ2n) is 4.54. The van der Waals surface area contributed by atoms with Crippen molar-refractivity contribution in [1.29, 1.82) is 0 Å². The number of aliphatic hydroxyl groups is 2. The van der Waals surface area contributed by atoms with Crippen LogP contribution in [0, 0.1) is 5.41 Å². The Hall–Kier alpha value is -0.670. The van der Waals surface area contributed by atoms with Crippen LogP contribution in [0.3, 0.4) is 0 Å². The number of hydrogen-bond acceptors (Lipinski definition) is 3. The normalized spacial score (nSPS) is 38.8. The van der Waals surface area contributed by atoms with Gasteiger partial charge >= 0.3 is 0 Å². The Bertz CT molecular complexity index is 251. The lowest BCUT2D eigenvalue weighted by Crippen LogP contribution is -2.45. The highest BCUT2D eigenvalue weighted by Crippen LogP contribution is 2.30. The van der Waals surface area contributed by atoms with E-state index < -0.39 is 11.7 Å². The summed E-state index contributed by atoms with van der Waals surface area (Å²) in [6, 6.07) is 0. The smallest absolute Gasteiger partial charge is 0.167 e. The number of rotatable bonds is 0. The number of carbonyl (C=O) groups excluding carboxylic acids is 1. The maximum atomic E-state index is 11.5. The third-order valence-electron chi connectivity index (χ3n) is 2.49. The standard InChI is InChI=1S/C10H16O3/c1-9(2)5-4-7(11)10(3,13)8(12)6-9/h4-5,7,11,13H,6H2,1-3H3/t7-,10+/m0/s1. The molecular weight excluding hydrogens is 168 g/mol. The van der Waals surface area contributed by atoms with Crippen molar-refractivity contribution in [3.63, 3.8) is 0 Å². The first-order valence-electron chi connectivity index (χ1n) is 4.39. The molecule has 3 nitrogen and oxygen atoms in total. The van der Waals surface area contributed by atoms with Crippen LogP contribution < -0.4 is 0 Å². The van der Waals surface area contributed by atoms with Crippen molar-refractivity contribution < 1.29 is 15.0 Å². The molecule has 13 heavy (non-hydrogen) atoms. The Balaban J connectivity index is 3.01. The molecule has 0 heterocycles. The first-order chi connectivity index (χ1) is 5.76. The average Bonchev–Trinajstić information content (AvgIpc) is 2.03. The molecule has 0 saturated heterocycles. The van der Waals surface area contributed by atoms with E-state index in [-0.39, 0.29) is 17.6 Å². The minimum atomic E-state index is -1.63. The molecule has 74 valence electrons. The Morgan fingerprint density at radius 2 is 2.00 bits per heavy atom. The van der Waals surface area contributed by atoms with Gasteiger partial charge in [0.25, 0.3) is 0 Å². The quantitative estimate of drug-likeness (QED) is 0.543. The van der Waals surface area contributed by atoms with Gasteiger partial charge in [-0.05, 0) is 12.3 Å². The predicted octanol–water partition coefficient (Wildman–Crippen LogP) is 0.653. The lowest BCUT2D eigenvalue weighted by Gasteiger charge is -2.25. The summed E-state index contributed by atoms with van der Waals surface area (Å²) < 4.78 is 0. The van der Waals surface area contributed by atoms with E-state index in [0.717, 1.165) is 0 Å². The number of aliphatic hydroxyl groups excluding tert-OH is 1. The molecule has 1 rings (SSSR count). The van der Waals surface area contributed by atoms with Crippen LogP contribution in [0.5, 0.6) is 0 Å². The molecule has 0 aromatic rings. The highest BCUT2D eigenvalue weighted by Gasteiger charge is 2.41. The van der Waals surface area contributed by atoms with Crippen LogP contribution in [0.2, 0.25) is 0 Å². The molecule has 1 aliphatic rings. The Kier molecular flexibility index (Phi) is 2.34. The van der Waals surface area contributed by atoms with Crippen LogP contribution >= 0.6 is 0 Å². The van der Waals surface area contributed by atoms with Gasteiger partial charge in [-0.1, -0.05) is 26.0 Å². The molecule has 1 aliphatic carbocycles. The fourth-order valence-corrected chi connectivity index (χ4v) is 1.36. The van der Waals surface area contributed by atoms with Gasteiger partial charge in [-0.15, -0.1) is 0 Å². The molecule has 0 amide bonds. The van der Waals surface area contributed by atoms with E-state index in [2.05, 4.69) is 0 Å². The third kappa shape index (κ3) is 1.98. The number of Topliss-reactive ketones (excluding diaryl/α,β-unsaturated/α-hetero) is 1. The summed E-state index contributed by atoms with van der Waals surface area (Å²) in [6.07, 6.45) is 2.43. The van der Waals surface area contributed by atoms with Crippen LogP contribution in [0.25, 0.3) is 0 Å². The van der Waals surface area contributed by atoms with Crippen molar-refractivity contribution in [3.05, 3.63) is 12.2 Å². The van der Waals surface area contributed by atoms with E-state index in [1.165, 1.54) is 13.0 Å². The zero-order chi connectivity index (χ0) is 10.3. The topological polar surface area (TPSA) is 57.5 Å². The first-order valence-corrected chi connectivity index (χ1v) is 4.39. The number of ketones is 1. The van der Waals surface area contributed by atoms with Crippen LogP contribution in [0.15, 0.2) is 12.2 Å². The molecule has 0 unspecified atom stereocenters. The molecule has 0 aliphatic heterocycles. The summed E-state index contributed by atoms with van der Waals surface area (Å²) in [6.45, 7) is 5.15. The molecule has 2 atom stereocenters. The molecule has 0 fully saturated rings. The van der Waals surface area contributed by atoms with Gasteiger partial charge < -0.3 is 10.2 Å². The van der Waals surface area contributed by atoms with E-state index in [1.54, 1.807) is 6.08 Å². The minimum absolute atomic E-state index is 0.257.